The first-order chi connectivity index (χ1) is 30.4. The fourth-order valence-corrected chi connectivity index (χ4v) is 10.9. The third kappa shape index (κ3) is 8.74. The number of carbonyl (C=O) groups excluding carboxylic acids is 2. The lowest BCUT2D eigenvalue weighted by Gasteiger charge is -2.47. The lowest BCUT2D eigenvalue weighted by Crippen LogP contribution is -2.68. The van der Waals surface area contributed by atoms with Gasteiger partial charge in [0, 0.05) is 33.6 Å². The molecule has 0 aliphatic heterocycles. The van der Waals surface area contributed by atoms with E-state index in [1.54, 1.807) is 0 Å². The van der Waals surface area contributed by atoms with Crippen LogP contribution in [0.4, 0.5) is 20.4 Å². The minimum atomic E-state index is -3.89. The third-order valence-electron chi connectivity index (χ3n) is 10.5. The SMILES string of the molecule is O=C(Nc1ccc(Cl)cn1)C(Oc1ccc(Cl)cc1F)(c1ccc(S(=O)(=O)C2CC2)cc1)C(Oc1ccc(Cl)cc1F)(C(=O)Nc1ccc(Cl)cn1)c1ccc(S(=O)(=O)C2CC2)cc1. The van der Waals surface area contributed by atoms with Gasteiger partial charge in [-0.15, -0.1) is 0 Å². The monoisotopic (exact) mass is 986 g/mol. The number of hydrogen-bond donors (Lipinski definition) is 2. The zero-order valence-electron chi connectivity index (χ0n) is 32.8. The van der Waals surface area contributed by atoms with Gasteiger partial charge in [-0.05, 0) is 111 Å². The molecule has 2 unspecified atom stereocenters. The van der Waals surface area contributed by atoms with Gasteiger partial charge in [-0.1, -0.05) is 70.7 Å². The maximum atomic E-state index is 16.4. The smallest absolute Gasteiger partial charge is 0.279 e. The number of carbonyl (C=O) groups is 2. The molecule has 12 nitrogen and oxygen atoms in total. The first-order valence-corrected chi connectivity index (χ1v) is 23.9. The van der Waals surface area contributed by atoms with Crippen molar-refractivity contribution in [3.63, 3.8) is 0 Å². The van der Waals surface area contributed by atoms with Gasteiger partial charge in [0.25, 0.3) is 23.0 Å². The maximum Gasteiger partial charge on any atom is 0.279 e. The lowest BCUT2D eigenvalue weighted by atomic mass is 9.71. The summed E-state index contributed by atoms with van der Waals surface area (Å²) in [5.41, 5.74) is -7.12. The van der Waals surface area contributed by atoms with Gasteiger partial charge >= 0.3 is 0 Å². The molecule has 2 heterocycles. The highest BCUT2D eigenvalue weighted by molar-refractivity contribution is 7.92. The van der Waals surface area contributed by atoms with Crippen molar-refractivity contribution in [2.24, 2.45) is 0 Å². The fourth-order valence-electron chi connectivity index (χ4n) is 7.00. The number of rotatable bonds is 15. The molecule has 2 aliphatic carbocycles. The quantitative estimate of drug-likeness (QED) is 0.101. The Kier molecular flexibility index (Phi) is 12.4. The zero-order valence-corrected chi connectivity index (χ0v) is 37.4. The summed E-state index contributed by atoms with van der Waals surface area (Å²) >= 11 is 24.6. The molecule has 0 saturated heterocycles. The first kappa shape index (κ1) is 45.2. The molecule has 6 aromatic rings. The molecular weight excluding hydrogens is 956 g/mol. The summed E-state index contributed by atoms with van der Waals surface area (Å²) in [4.78, 5) is 39.8. The summed E-state index contributed by atoms with van der Waals surface area (Å²) < 4.78 is 100. The number of pyridine rings is 2. The molecule has 2 atom stereocenters. The van der Waals surface area contributed by atoms with Gasteiger partial charge in [0.1, 0.15) is 11.6 Å². The Morgan fingerprint density at radius 3 is 1.17 bits per heavy atom. The van der Waals surface area contributed by atoms with E-state index in [1.807, 2.05) is 0 Å². The molecule has 64 heavy (non-hydrogen) atoms. The number of nitrogens with zero attached hydrogens (tertiary/aromatic N) is 2. The molecule has 2 aromatic heterocycles. The molecule has 2 N–H and O–H groups in total. The topological polar surface area (TPSA) is 171 Å². The van der Waals surface area contributed by atoms with Crippen LogP contribution < -0.4 is 20.1 Å². The van der Waals surface area contributed by atoms with E-state index in [4.69, 9.17) is 55.9 Å². The number of anilines is 2. The van der Waals surface area contributed by atoms with Crippen LogP contribution in [0.1, 0.15) is 36.8 Å². The average molecular weight is 989 g/mol. The number of nitrogens with one attached hydrogen (secondary N) is 2. The number of sulfone groups is 2. The van der Waals surface area contributed by atoms with E-state index < -0.39 is 76.3 Å². The molecule has 2 aliphatic rings. The summed E-state index contributed by atoms with van der Waals surface area (Å²) in [5, 5.41) is 4.02. The van der Waals surface area contributed by atoms with Gasteiger partial charge in [-0.2, -0.15) is 0 Å². The zero-order chi connectivity index (χ0) is 45.6. The van der Waals surface area contributed by atoms with E-state index in [1.165, 1.54) is 73.1 Å². The Hall–Kier alpha value is -5.36. The normalized spacial score (nSPS) is 15.9. The molecule has 2 fully saturated rings. The van der Waals surface area contributed by atoms with Crippen LogP contribution in [0.25, 0.3) is 0 Å². The van der Waals surface area contributed by atoms with E-state index in [0.29, 0.717) is 25.7 Å². The number of amides is 2. The molecule has 2 amide bonds. The highest BCUT2D eigenvalue weighted by Gasteiger charge is 2.69. The van der Waals surface area contributed by atoms with Crippen LogP contribution >= 0.6 is 46.4 Å². The van der Waals surface area contributed by atoms with Gasteiger partial charge in [-0.25, -0.2) is 35.6 Å². The Balaban J connectivity index is 1.51. The molecule has 0 bridgehead atoms. The molecular formula is C44H32Cl4F2N4O8S2. The van der Waals surface area contributed by atoms with E-state index in [9.17, 15) is 16.8 Å². The van der Waals surface area contributed by atoms with Crippen molar-refractivity contribution in [2.75, 3.05) is 10.6 Å². The van der Waals surface area contributed by atoms with Gasteiger partial charge in [0.2, 0.25) is 0 Å². The largest absolute Gasteiger partial charge is 0.464 e. The van der Waals surface area contributed by atoms with Crippen LogP contribution in [0.3, 0.4) is 0 Å². The molecule has 0 spiro atoms. The maximum absolute atomic E-state index is 16.4. The summed E-state index contributed by atoms with van der Waals surface area (Å²) in [5.74, 6) is -6.79. The molecule has 8 rings (SSSR count). The van der Waals surface area contributed by atoms with Crippen LogP contribution in [0.15, 0.2) is 131 Å². The van der Waals surface area contributed by atoms with E-state index >= 15 is 18.4 Å². The summed E-state index contributed by atoms with van der Waals surface area (Å²) in [7, 11) is -7.77. The van der Waals surface area contributed by atoms with E-state index in [-0.39, 0.29) is 52.6 Å². The third-order valence-corrected chi connectivity index (χ3v) is 16.0. The predicted molar refractivity (Wildman–Crippen MR) is 236 cm³/mol. The fraction of sp³-hybridized carbons (Fsp3) is 0.182. The Bertz CT molecular complexity index is 2800. The van der Waals surface area contributed by atoms with Crippen molar-refractivity contribution in [3.8, 4) is 11.5 Å². The molecule has 4 aromatic carbocycles. The van der Waals surface area contributed by atoms with Crippen LogP contribution in [0, 0.1) is 11.6 Å². The van der Waals surface area contributed by atoms with Crippen molar-refractivity contribution in [2.45, 2.75) is 57.2 Å². The Morgan fingerprint density at radius 1 is 0.531 bits per heavy atom. The van der Waals surface area contributed by atoms with Crippen molar-refractivity contribution in [1.82, 2.24) is 9.97 Å². The second-order valence-corrected chi connectivity index (χ2v) is 21.1. The molecule has 330 valence electrons. The van der Waals surface area contributed by atoms with Crippen LogP contribution in [0.5, 0.6) is 11.5 Å². The van der Waals surface area contributed by atoms with Crippen molar-refractivity contribution in [1.29, 1.82) is 0 Å². The summed E-state index contributed by atoms with van der Waals surface area (Å²) in [6.45, 7) is 0. The number of benzene rings is 4. The van der Waals surface area contributed by atoms with E-state index in [0.717, 1.165) is 48.5 Å². The van der Waals surface area contributed by atoms with Crippen molar-refractivity contribution in [3.05, 3.63) is 164 Å². The molecule has 20 heteroatoms. The van der Waals surface area contributed by atoms with Gasteiger partial charge < -0.3 is 20.1 Å². The van der Waals surface area contributed by atoms with Gasteiger partial charge in [0.05, 0.1) is 30.3 Å². The minimum Gasteiger partial charge on any atom is -0.464 e. The number of ether oxygens (including phenoxy) is 2. The average Bonchev–Trinajstić information content (AvgIpc) is 4.19. The number of aromatic nitrogens is 2. The van der Waals surface area contributed by atoms with Crippen LogP contribution in [-0.4, -0.2) is 49.1 Å². The first-order valence-electron chi connectivity index (χ1n) is 19.3. The summed E-state index contributed by atoms with van der Waals surface area (Å²) in [6, 6.07) is 21.0. The Labute approximate surface area is 385 Å². The van der Waals surface area contributed by atoms with Gasteiger partial charge in [-0.3, -0.25) is 9.59 Å². The van der Waals surface area contributed by atoms with Crippen molar-refractivity contribution < 1.29 is 44.7 Å². The lowest BCUT2D eigenvalue weighted by molar-refractivity contribution is -0.173. The second-order valence-electron chi connectivity index (χ2n) is 14.9. The highest BCUT2D eigenvalue weighted by Crippen LogP contribution is 2.51. The van der Waals surface area contributed by atoms with Crippen molar-refractivity contribution >= 4 is 89.5 Å². The Morgan fingerprint density at radius 2 is 0.875 bits per heavy atom. The predicted octanol–water partition coefficient (Wildman–Crippen LogP) is 9.77. The number of halogens is 6. The van der Waals surface area contributed by atoms with Crippen LogP contribution in [-0.2, 0) is 40.5 Å². The molecule has 2 saturated carbocycles. The summed E-state index contributed by atoms with van der Waals surface area (Å²) in [6.07, 6.45) is 4.05. The second kappa shape index (κ2) is 17.6. The number of hydrogen-bond acceptors (Lipinski definition) is 10. The van der Waals surface area contributed by atoms with Gasteiger partial charge in [0.15, 0.2) is 42.8 Å². The van der Waals surface area contributed by atoms with Crippen LogP contribution in [0.2, 0.25) is 20.1 Å². The highest BCUT2D eigenvalue weighted by atomic mass is 35.5. The standard InChI is InChI=1S/C44H32Cl4F2N4O8S2/c45-27-5-17-37(35(49)21-27)61-43(41(55)53-39-19-7-29(47)23-51-39,25-1-9-31(10-2-25)63(57,58)33-13-14-33)44(62-38-18-6-28(46)22-36(38)50,42(56)54-40-20-8-30(48)24-52-40)26-3-11-32(12-4-26)64(59,60)34-15-16-34/h1-12,17-24,33-34H,13-16H2,(H,51,53,55)(H,52,54,56). The minimum absolute atomic E-state index is 0.0929. The van der Waals surface area contributed by atoms with E-state index in [2.05, 4.69) is 20.6 Å². The molecule has 0 radical (unpaired) electrons.